The van der Waals surface area contributed by atoms with Gasteiger partial charge >= 0.3 is 0 Å². The lowest BCUT2D eigenvalue weighted by Crippen LogP contribution is -2.43. The van der Waals surface area contributed by atoms with Crippen LogP contribution in [0.1, 0.15) is 18.6 Å². The van der Waals surface area contributed by atoms with E-state index in [4.69, 9.17) is 0 Å². The number of rotatable bonds is 3. The number of hydrogen-bond acceptors (Lipinski definition) is 3. The number of nitrogens with zero attached hydrogens (tertiary/aromatic N) is 4. The largest absolute Gasteiger partial charge is 0.299 e. The molecule has 1 aromatic rings. The molecular formula is C9H17N4O+. The standard InChI is InChI=1S/C9H17N4O/c1-7(14)6-12-9(3)13(11(4)5)8(2)10-12/h6H2,1-5H3/q+1. The Labute approximate surface area is 83.9 Å². The lowest BCUT2D eigenvalue weighted by molar-refractivity contribution is -0.745. The van der Waals surface area contributed by atoms with Gasteiger partial charge in [0, 0.05) is 27.9 Å². The van der Waals surface area contributed by atoms with E-state index in [-0.39, 0.29) is 5.78 Å². The zero-order valence-electron chi connectivity index (χ0n) is 9.40. The maximum absolute atomic E-state index is 11.0. The van der Waals surface area contributed by atoms with Crippen molar-refractivity contribution >= 4 is 5.78 Å². The second-order valence-electron chi connectivity index (χ2n) is 3.61. The molecule has 0 bridgehead atoms. The molecule has 0 amide bonds. The molecule has 0 aromatic carbocycles. The van der Waals surface area contributed by atoms with Crippen LogP contribution in [-0.4, -0.2) is 29.7 Å². The van der Waals surface area contributed by atoms with Crippen LogP contribution in [0.15, 0.2) is 0 Å². The normalized spacial score (nSPS) is 10.4. The molecule has 1 aromatic heterocycles. The molecule has 0 aliphatic carbocycles. The van der Waals surface area contributed by atoms with Crippen LogP contribution >= 0.6 is 0 Å². The van der Waals surface area contributed by atoms with Gasteiger partial charge in [-0.15, -0.1) is 9.36 Å². The predicted octanol–water partition coefficient (Wildman–Crippen LogP) is -0.426. The second kappa shape index (κ2) is 3.77. The maximum Gasteiger partial charge on any atom is 0.299 e. The van der Waals surface area contributed by atoms with Gasteiger partial charge in [-0.1, -0.05) is 0 Å². The van der Waals surface area contributed by atoms with Crippen LogP contribution in [0.2, 0.25) is 0 Å². The van der Waals surface area contributed by atoms with Gasteiger partial charge in [0.1, 0.15) is 0 Å². The third-order valence-electron chi connectivity index (χ3n) is 2.02. The monoisotopic (exact) mass is 197 g/mol. The van der Waals surface area contributed by atoms with E-state index in [9.17, 15) is 4.79 Å². The summed E-state index contributed by atoms with van der Waals surface area (Å²) in [5.74, 6) is 1.96. The van der Waals surface area contributed by atoms with E-state index in [1.54, 1.807) is 11.6 Å². The highest BCUT2D eigenvalue weighted by Crippen LogP contribution is 1.96. The molecule has 0 N–H and O–H groups in total. The summed E-state index contributed by atoms with van der Waals surface area (Å²) in [6.07, 6.45) is 0. The van der Waals surface area contributed by atoms with Gasteiger partial charge in [-0.2, -0.15) is 0 Å². The topological polar surface area (TPSA) is 42.0 Å². The highest BCUT2D eigenvalue weighted by atomic mass is 16.1. The third-order valence-corrected chi connectivity index (χ3v) is 2.02. The highest BCUT2D eigenvalue weighted by Gasteiger charge is 2.21. The van der Waals surface area contributed by atoms with Crippen LogP contribution in [0, 0.1) is 13.8 Å². The van der Waals surface area contributed by atoms with Gasteiger partial charge in [0.2, 0.25) is 0 Å². The van der Waals surface area contributed by atoms with Crippen LogP contribution in [0.5, 0.6) is 0 Å². The molecule has 0 aliphatic heterocycles. The van der Waals surface area contributed by atoms with E-state index in [1.807, 2.05) is 37.6 Å². The molecule has 0 saturated carbocycles. The van der Waals surface area contributed by atoms with Crippen LogP contribution in [-0.2, 0) is 11.3 Å². The van der Waals surface area contributed by atoms with E-state index < -0.39 is 0 Å². The Bertz CT molecular complexity index is 354. The predicted molar refractivity (Wildman–Crippen MR) is 52.6 cm³/mol. The molecule has 78 valence electrons. The maximum atomic E-state index is 11.0. The summed E-state index contributed by atoms with van der Waals surface area (Å²) in [4.78, 5) is 11.0. The lowest BCUT2D eigenvalue weighted by Gasteiger charge is -2.08. The minimum absolute atomic E-state index is 0.113. The van der Waals surface area contributed by atoms with Gasteiger partial charge in [-0.3, -0.25) is 4.79 Å². The SMILES string of the molecule is CC(=O)C[n+]1nc(C)n(N(C)C)c1C. The van der Waals surface area contributed by atoms with Gasteiger partial charge in [-0.25, -0.2) is 5.01 Å². The van der Waals surface area contributed by atoms with E-state index in [1.165, 1.54) is 0 Å². The van der Waals surface area contributed by atoms with Gasteiger partial charge in [-0.05, 0) is 12.0 Å². The zero-order valence-corrected chi connectivity index (χ0v) is 9.40. The zero-order chi connectivity index (χ0) is 10.9. The first-order valence-electron chi connectivity index (χ1n) is 4.56. The molecule has 1 rings (SSSR count). The van der Waals surface area contributed by atoms with Crippen molar-refractivity contribution in [2.45, 2.75) is 27.3 Å². The molecule has 0 fully saturated rings. The quantitative estimate of drug-likeness (QED) is 0.618. The molecule has 0 saturated heterocycles. The number of hydrogen-bond donors (Lipinski definition) is 0. The molecular weight excluding hydrogens is 180 g/mol. The number of carbonyl (C=O) groups excluding carboxylic acids is 1. The van der Waals surface area contributed by atoms with Crippen molar-refractivity contribution in [3.63, 3.8) is 0 Å². The summed E-state index contributed by atoms with van der Waals surface area (Å²) >= 11 is 0. The first kappa shape index (κ1) is 10.7. The Balaban J connectivity index is 3.10. The fourth-order valence-corrected chi connectivity index (χ4v) is 1.57. The molecule has 0 atom stereocenters. The number of ketones is 1. The van der Waals surface area contributed by atoms with Crippen molar-refractivity contribution in [2.24, 2.45) is 0 Å². The third kappa shape index (κ3) is 1.92. The van der Waals surface area contributed by atoms with E-state index in [2.05, 4.69) is 5.10 Å². The van der Waals surface area contributed by atoms with Crippen LogP contribution < -0.4 is 9.69 Å². The molecule has 14 heavy (non-hydrogen) atoms. The Morgan fingerprint density at radius 3 is 2.43 bits per heavy atom. The van der Waals surface area contributed by atoms with Crippen LogP contribution in [0.4, 0.5) is 0 Å². The minimum Gasteiger partial charge on any atom is -0.295 e. The number of Topliss-reactive ketones (excluding diaryl/α,β-unsaturated/α-hetero) is 1. The Hall–Kier alpha value is -1.39. The molecule has 0 unspecified atom stereocenters. The number of aryl methyl sites for hydroxylation is 1. The minimum atomic E-state index is 0.113. The van der Waals surface area contributed by atoms with Crippen molar-refractivity contribution in [1.82, 2.24) is 9.77 Å². The second-order valence-corrected chi connectivity index (χ2v) is 3.61. The summed E-state index contributed by atoms with van der Waals surface area (Å²) in [5, 5.41) is 6.23. The van der Waals surface area contributed by atoms with Crippen molar-refractivity contribution in [3.05, 3.63) is 11.6 Å². The summed E-state index contributed by atoms with van der Waals surface area (Å²) < 4.78 is 3.68. The highest BCUT2D eigenvalue weighted by molar-refractivity contribution is 5.73. The fraction of sp³-hybridized carbons (Fsp3) is 0.667. The summed E-state index contributed by atoms with van der Waals surface area (Å²) in [6.45, 7) is 5.77. The number of carbonyl (C=O) groups is 1. The lowest BCUT2D eigenvalue weighted by atomic mass is 10.4. The van der Waals surface area contributed by atoms with Gasteiger partial charge < -0.3 is 0 Å². The van der Waals surface area contributed by atoms with Crippen LogP contribution in [0.3, 0.4) is 0 Å². The molecule has 5 nitrogen and oxygen atoms in total. The van der Waals surface area contributed by atoms with E-state index >= 15 is 0 Å². The average molecular weight is 197 g/mol. The molecule has 0 radical (unpaired) electrons. The first-order valence-corrected chi connectivity index (χ1v) is 4.56. The molecule has 0 spiro atoms. The first-order chi connectivity index (χ1) is 6.43. The Morgan fingerprint density at radius 2 is 2.07 bits per heavy atom. The Kier molecular flexibility index (Phi) is 2.88. The van der Waals surface area contributed by atoms with E-state index in [0.717, 1.165) is 11.6 Å². The molecule has 0 aliphatic rings. The summed E-state index contributed by atoms with van der Waals surface area (Å²) in [6, 6.07) is 0. The summed E-state index contributed by atoms with van der Waals surface area (Å²) in [5.41, 5.74) is 0. The van der Waals surface area contributed by atoms with Crippen molar-refractivity contribution in [2.75, 3.05) is 19.1 Å². The van der Waals surface area contributed by atoms with Crippen molar-refractivity contribution < 1.29 is 9.48 Å². The van der Waals surface area contributed by atoms with Gasteiger partial charge in [0.05, 0.1) is 0 Å². The summed E-state index contributed by atoms with van der Waals surface area (Å²) in [7, 11) is 3.89. The molecule has 5 heteroatoms. The smallest absolute Gasteiger partial charge is 0.295 e. The Morgan fingerprint density at radius 1 is 1.50 bits per heavy atom. The van der Waals surface area contributed by atoms with Gasteiger partial charge in [0.15, 0.2) is 12.3 Å². The van der Waals surface area contributed by atoms with Crippen LogP contribution in [0.25, 0.3) is 0 Å². The average Bonchev–Trinajstić information content (AvgIpc) is 2.25. The molecule has 1 heterocycles. The number of aromatic nitrogens is 3. The van der Waals surface area contributed by atoms with Crippen molar-refractivity contribution in [3.8, 4) is 0 Å². The van der Waals surface area contributed by atoms with Gasteiger partial charge in [0.25, 0.3) is 11.6 Å². The van der Waals surface area contributed by atoms with E-state index in [0.29, 0.717) is 6.54 Å². The van der Waals surface area contributed by atoms with Crippen molar-refractivity contribution in [1.29, 1.82) is 0 Å². The fourth-order valence-electron chi connectivity index (χ4n) is 1.57.